The Balaban J connectivity index is 1.95. The maximum atomic E-state index is 12.3. The Morgan fingerprint density at radius 3 is 2.40 bits per heavy atom. The maximum absolute atomic E-state index is 12.3. The number of hydrogen-bond donors (Lipinski definition) is 3. The van der Waals surface area contributed by atoms with Gasteiger partial charge < -0.3 is 10.6 Å². The summed E-state index contributed by atoms with van der Waals surface area (Å²) in [6.45, 7) is 5.01. The first-order chi connectivity index (χ1) is 11.8. The molecule has 10 heteroatoms. The van der Waals surface area contributed by atoms with Crippen LogP contribution in [0.5, 0.6) is 0 Å². The minimum absolute atomic E-state index is 0.0472. The Morgan fingerprint density at radius 2 is 1.72 bits per heavy atom. The van der Waals surface area contributed by atoms with Gasteiger partial charge in [-0.05, 0) is 32.0 Å². The van der Waals surface area contributed by atoms with Crippen molar-refractivity contribution >= 4 is 44.9 Å². The van der Waals surface area contributed by atoms with Crippen molar-refractivity contribution in [3.63, 3.8) is 0 Å². The van der Waals surface area contributed by atoms with E-state index in [1.807, 2.05) is 6.92 Å². The van der Waals surface area contributed by atoms with Gasteiger partial charge in [-0.3, -0.25) is 0 Å². The number of benzene rings is 1. The molecule has 1 aromatic heterocycles. The van der Waals surface area contributed by atoms with Crippen molar-refractivity contribution in [2.24, 2.45) is 0 Å². The van der Waals surface area contributed by atoms with Gasteiger partial charge in [0.25, 0.3) is 0 Å². The van der Waals surface area contributed by atoms with Crippen LogP contribution in [0.1, 0.15) is 12.7 Å². The third-order valence-corrected chi connectivity index (χ3v) is 5.28. The molecule has 2 rings (SSSR count). The molecule has 7 nitrogen and oxygen atoms in total. The van der Waals surface area contributed by atoms with Gasteiger partial charge in [0.2, 0.25) is 10.0 Å². The molecular weight excluding hydrogens is 385 g/mol. The molecule has 0 saturated heterocycles. The van der Waals surface area contributed by atoms with E-state index < -0.39 is 10.0 Å². The summed E-state index contributed by atoms with van der Waals surface area (Å²) >= 11 is 11.8. The Bertz CT molecular complexity index is 846. The molecule has 25 heavy (non-hydrogen) atoms. The number of rotatable bonds is 8. The molecule has 0 saturated carbocycles. The third kappa shape index (κ3) is 5.71. The minimum Gasteiger partial charge on any atom is -0.370 e. The quantitative estimate of drug-likeness (QED) is 0.586. The highest BCUT2D eigenvalue weighted by Gasteiger charge is 2.17. The molecule has 0 aliphatic carbocycles. The van der Waals surface area contributed by atoms with Crippen molar-refractivity contribution < 1.29 is 8.42 Å². The summed E-state index contributed by atoms with van der Waals surface area (Å²) in [5.41, 5.74) is 0. The number of aromatic nitrogens is 2. The Hall–Kier alpha value is -1.61. The standard InChI is InChI=1S/C15H19Cl2N5O2S/c1-3-18-14-9-15(22-10(2)21-14)19-6-7-20-25(23,24)13-8-11(16)4-5-12(13)17/h4-5,8-9,20H,3,6-7H2,1-2H3,(H2,18,19,21,22). The molecule has 0 fully saturated rings. The highest BCUT2D eigenvalue weighted by molar-refractivity contribution is 7.89. The van der Waals surface area contributed by atoms with Gasteiger partial charge in [-0.15, -0.1) is 0 Å². The van der Waals surface area contributed by atoms with E-state index in [1.165, 1.54) is 18.2 Å². The normalized spacial score (nSPS) is 11.4. The van der Waals surface area contributed by atoms with Gasteiger partial charge in [0.05, 0.1) is 5.02 Å². The fraction of sp³-hybridized carbons (Fsp3) is 0.333. The van der Waals surface area contributed by atoms with E-state index in [2.05, 4.69) is 25.3 Å². The molecule has 0 amide bonds. The van der Waals surface area contributed by atoms with Gasteiger partial charge >= 0.3 is 0 Å². The molecule has 0 aliphatic heterocycles. The summed E-state index contributed by atoms with van der Waals surface area (Å²) in [7, 11) is -3.74. The predicted octanol–water partition coefficient (Wildman–Crippen LogP) is 2.91. The molecule has 0 atom stereocenters. The van der Waals surface area contributed by atoms with E-state index >= 15 is 0 Å². The van der Waals surface area contributed by atoms with E-state index in [0.29, 0.717) is 29.0 Å². The number of halogens is 2. The molecule has 136 valence electrons. The maximum Gasteiger partial charge on any atom is 0.242 e. The van der Waals surface area contributed by atoms with Gasteiger partial charge in [0.1, 0.15) is 22.4 Å². The lowest BCUT2D eigenvalue weighted by Crippen LogP contribution is -2.29. The zero-order valence-electron chi connectivity index (χ0n) is 13.8. The summed E-state index contributed by atoms with van der Waals surface area (Å²) in [6.07, 6.45) is 0. The molecular formula is C15H19Cl2N5O2S. The second kappa shape index (κ2) is 8.66. The first-order valence-corrected chi connectivity index (χ1v) is 9.84. The fourth-order valence-electron chi connectivity index (χ4n) is 2.07. The molecule has 0 bridgehead atoms. The van der Waals surface area contributed by atoms with Crippen LogP contribution in [0, 0.1) is 6.92 Å². The molecule has 0 spiro atoms. The average Bonchev–Trinajstić information content (AvgIpc) is 2.54. The first kappa shape index (κ1) is 19.7. The van der Waals surface area contributed by atoms with Gasteiger partial charge in [-0.2, -0.15) is 0 Å². The summed E-state index contributed by atoms with van der Waals surface area (Å²) in [5, 5.41) is 6.58. The monoisotopic (exact) mass is 403 g/mol. The molecule has 0 aliphatic rings. The zero-order chi connectivity index (χ0) is 18.4. The first-order valence-electron chi connectivity index (χ1n) is 7.60. The van der Waals surface area contributed by atoms with Crippen LogP contribution in [0.3, 0.4) is 0 Å². The van der Waals surface area contributed by atoms with E-state index in [9.17, 15) is 8.42 Å². The van der Waals surface area contributed by atoms with Crippen LogP contribution in [-0.2, 0) is 10.0 Å². The fourth-order valence-corrected chi connectivity index (χ4v) is 3.86. The van der Waals surface area contributed by atoms with Crippen molar-refractivity contribution in [3.8, 4) is 0 Å². The smallest absolute Gasteiger partial charge is 0.242 e. The van der Waals surface area contributed by atoms with Crippen LogP contribution in [0.2, 0.25) is 10.0 Å². The van der Waals surface area contributed by atoms with E-state index in [1.54, 1.807) is 13.0 Å². The number of hydrogen-bond acceptors (Lipinski definition) is 6. The SMILES string of the molecule is CCNc1cc(NCCNS(=O)(=O)c2cc(Cl)ccc2Cl)nc(C)n1. The highest BCUT2D eigenvalue weighted by atomic mass is 35.5. The topological polar surface area (TPSA) is 96.0 Å². The molecule has 1 heterocycles. The minimum atomic E-state index is -3.74. The molecule has 0 unspecified atom stereocenters. The lowest BCUT2D eigenvalue weighted by Gasteiger charge is -2.11. The third-order valence-electron chi connectivity index (χ3n) is 3.10. The van der Waals surface area contributed by atoms with Crippen molar-refractivity contribution in [1.82, 2.24) is 14.7 Å². The molecule has 3 N–H and O–H groups in total. The number of nitrogens with one attached hydrogen (secondary N) is 3. The number of nitrogens with zero attached hydrogens (tertiary/aromatic N) is 2. The van der Waals surface area contributed by atoms with Crippen LogP contribution in [-0.4, -0.2) is 38.0 Å². The van der Waals surface area contributed by atoms with Crippen LogP contribution in [0.15, 0.2) is 29.2 Å². The van der Waals surface area contributed by atoms with E-state index in [4.69, 9.17) is 23.2 Å². The van der Waals surface area contributed by atoms with Crippen LogP contribution >= 0.6 is 23.2 Å². The van der Waals surface area contributed by atoms with Crippen molar-refractivity contribution in [2.75, 3.05) is 30.3 Å². The van der Waals surface area contributed by atoms with Gasteiger partial charge in [0, 0.05) is 30.7 Å². The summed E-state index contributed by atoms with van der Waals surface area (Å²) < 4.78 is 27.1. The van der Waals surface area contributed by atoms with E-state index in [-0.39, 0.29) is 16.5 Å². The summed E-state index contributed by atoms with van der Waals surface area (Å²) in [4.78, 5) is 8.46. The second-order valence-electron chi connectivity index (χ2n) is 5.12. The lowest BCUT2D eigenvalue weighted by atomic mass is 10.4. The van der Waals surface area contributed by atoms with Crippen molar-refractivity contribution in [2.45, 2.75) is 18.7 Å². The Labute approximate surface area is 157 Å². The van der Waals surface area contributed by atoms with Gasteiger partial charge in [0.15, 0.2) is 0 Å². The van der Waals surface area contributed by atoms with Gasteiger partial charge in [-0.1, -0.05) is 23.2 Å². The van der Waals surface area contributed by atoms with Crippen molar-refractivity contribution in [1.29, 1.82) is 0 Å². The van der Waals surface area contributed by atoms with E-state index in [0.717, 1.165) is 6.54 Å². The van der Waals surface area contributed by atoms with Crippen molar-refractivity contribution in [3.05, 3.63) is 40.1 Å². The van der Waals surface area contributed by atoms with Crippen LogP contribution < -0.4 is 15.4 Å². The molecule has 1 aromatic carbocycles. The number of aryl methyl sites for hydroxylation is 1. The predicted molar refractivity (Wildman–Crippen MR) is 101 cm³/mol. The van der Waals surface area contributed by atoms with Crippen LogP contribution in [0.25, 0.3) is 0 Å². The number of anilines is 2. The Morgan fingerprint density at radius 1 is 1.04 bits per heavy atom. The van der Waals surface area contributed by atoms with Crippen LogP contribution in [0.4, 0.5) is 11.6 Å². The summed E-state index contributed by atoms with van der Waals surface area (Å²) in [5.74, 6) is 1.94. The number of sulfonamides is 1. The summed E-state index contributed by atoms with van der Waals surface area (Å²) in [6, 6.07) is 6.06. The molecule has 2 aromatic rings. The molecule has 0 radical (unpaired) electrons. The Kier molecular flexibility index (Phi) is 6.83. The second-order valence-corrected chi connectivity index (χ2v) is 7.69. The zero-order valence-corrected chi connectivity index (χ0v) is 16.1. The average molecular weight is 404 g/mol. The van der Waals surface area contributed by atoms with Gasteiger partial charge in [-0.25, -0.2) is 23.1 Å². The highest BCUT2D eigenvalue weighted by Crippen LogP contribution is 2.24. The largest absolute Gasteiger partial charge is 0.370 e. The lowest BCUT2D eigenvalue weighted by molar-refractivity contribution is 0.583.